The maximum atomic E-state index is 5.09. The molecule has 0 bridgehead atoms. The van der Waals surface area contributed by atoms with E-state index in [4.69, 9.17) is 12.2 Å². The third-order valence-corrected chi connectivity index (χ3v) is 5.19. The minimum absolute atomic E-state index is 0.954. The molecule has 1 aromatic carbocycles. The summed E-state index contributed by atoms with van der Waals surface area (Å²) in [6.07, 6.45) is 0. The second-order valence-corrected chi connectivity index (χ2v) is 6.24. The Kier molecular flexibility index (Phi) is 2.93. The summed E-state index contributed by atoms with van der Waals surface area (Å²) in [5.74, 6) is 0. The molecule has 0 unspecified atom stereocenters. The van der Waals surface area contributed by atoms with Gasteiger partial charge in [0.05, 0.1) is 0 Å². The molecule has 0 spiro atoms. The fraction of sp³-hybridized carbons (Fsp3) is 0. The molecule has 0 saturated carbocycles. The summed E-state index contributed by atoms with van der Waals surface area (Å²) >= 11 is 8.61. The zero-order chi connectivity index (χ0) is 9.26. The highest BCUT2D eigenvalue weighted by Crippen LogP contribution is 2.33. The lowest BCUT2D eigenvalue weighted by atomic mass is 10.2. The van der Waals surface area contributed by atoms with E-state index in [2.05, 4.69) is 22.0 Å². The molecule has 66 valence electrons. The van der Waals surface area contributed by atoms with Crippen molar-refractivity contribution in [3.63, 3.8) is 0 Å². The number of rotatable bonds is 1. The summed E-state index contributed by atoms with van der Waals surface area (Å²) in [5, 5.41) is 0. The second-order valence-electron chi connectivity index (χ2n) is 2.47. The van der Waals surface area contributed by atoms with Crippen molar-refractivity contribution in [2.45, 2.75) is 0 Å². The van der Waals surface area contributed by atoms with Crippen LogP contribution in [-0.2, 0) is 0 Å². The van der Waals surface area contributed by atoms with Gasteiger partial charge in [-0.1, -0.05) is 67.0 Å². The zero-order valence-corrected chi connectivity index (χ0v) is 10.5. The first kappa shape index (κ1) is 9.52. The van der Waals surface area contributed by atoms with E-state index in [9.17, 15) is 0 Å². The van der Waals surface area contributed by atoms with Crippen LogP contribution in [0, 0.1) is 3.82 Å². The van der Waals surface area contributed by atoms with Gasteiger partial charge in [-0.3, -0.25) is 0 Å². The van der Waals surface area contributed by atoms with Gasteiger partial charge in [-0.15, -0.1) is 0 Å². The van der Waals surface area contributed by atoms with Gasteiger partial charge in [0.2, 0.25) is 0 Å². The molecule has 0 saturated heterocycles. The van der Waals surface area contributed by atoms with Crippen molar-refractivity contribution < 1.29 is 0 Å². The SMILES string of the molecule is S=c1cc(-c2ccccc2Br)ss1. The Bertz CT molecular complexity index is 469. The van der Waals surface area contributed by atoms with E-state index in [-0.39, 0.29) is 0 Å². The molecule has 4 heteroatoms. The Balaban J connectivity index is 2.58. The number of benzene rings is 1. The average Bonchev–Trinajstić information content (AvgIpc) is 2.53. The number of halogens is 1. The van der Waals surface area contributed by atoms with Gasteiger partial charge >= 0.3 is 0 Å². The summed E-state index contributed by atoms with van der Waals surface area (Å²) in [5.41, 5.74) is 1.22. The molecule has 2 aromatic rings. The lowest BCUT2D eigenvalue weighted by Gasteiger charge is -1.98. The van der Waals surface area contributed by atoms with Gasteiger partial charge in [-0.05, 0) is 12.1 Å². The molecule has 0 N–H and O–H groups in total. The highest BCUT2D eigenvalue weighted by atomic mass is 79.9. The maximum Gasteiger partial charge on any atom is 0.102 e. The molecule has 0 aliphatic rings. The van der Waals surface area contributed by atoms with E-state index in [1.165, 1.54) is 10.4 Å². The van der Waals surface area contributed by atoms with E-state index < -0.39 is 0 Å². The van der Waals surface area contributed by atoms with Crippen LogP contribution < -0.4 is 0 Å². The van der Waals surface area contributed by atoms with Crippen molar-refractivity contribution in [3.8, 4) is 10.4 Å². The van der Waals surface area contributed by atoms with E-state index in [0.29, 0.717) is 0 Å². The highest BCUT2D eigenvalue weighted by Gasteiger charge is 2.03. The van der Waals surface area contributed by atoms with Crippen molar-refractivity contribution >= 4 is 48.8 Å². The van der Waals surface area contributed by atoms with Crippen molar-refractivity contribution in [3.05, 3.63) is 38.6 Å². The van der Waals surface area contributed by atoms with Gasteiger partial charge in [0.1, 0.15) is 3.82 Å². The van der Waals surface area contributed by atoms with Crippen molar-refractivity contribution in [2.24, 2.45) is 0 Å². The monoisotopic (exact) mass is 288 g/mol. The molecule has 0 aliphatic heterocycles. The van der Waals surface area contributed by atoms with Crippen LogP contribution in [0.15, 0.2) is 34.8 Å². The van der Waals surface area contributed by atoms with E-state index in [0.717, 1.165) is 8.30 Å². The minimum atomic E-state index is 0.954. The molecular formula is C9H5BrS3. The van der Waals surface area contributed by atoms with Crippen LogP contribution in [-0.4, -0.2) is 0 Å². The summed E-state index contributed by atoms with van der Waals surface area (Å²) in [6.45, 7) is 0. The summed E-state index contributed by atoms with van der Waals surface area (Å²) in [7, 11) is 3.37. The molecule has 2 rings (SSSR count). The fourth-order valence-electron chi connectivity index (χ4n) is 1.02. The topological polar surface area (TPSA) is 0 Å². The molecule has 0 aliphatic carbocycles. The molecule has 1 heterocycles. The molecule has 0 fully saturated rings. The first-order valence-electron chi connectivity index (χ1n) is 3.62. The predicted octanol–water partition coefficient (Wildman–Crippen LogP) is 4.97. The number of hydrogen-bond donors (Lipinski definition) is 0. The van der Waals surface area contributed by atoms with E-state index in [1.54, 1.807) is 20.7 Å². The van der Waals surface area contributed by atoms with E-state index >= 15 is 0 Å². The van der Waals surface area contributed by atoms with Gasteiger partial charge < -0.3 is 0 Å². The molecule has 0 radical (unpaired) electrons. The van der Waals surface area contributed by atoms with Crippen LogP contribution in [0.2, 0.25) is 0 Å². The van der Waals surface area contributed by atoms with Crippen LogP contribution in [0.1, 0.15) is 0 Å². The molecule has 0 atom stereocenters. The molecule has 0 amide bonds. The zero-order valence-electron chi connectivity index (χ0n) is 6.49. The average molecular weight is 289 g/mol. The quantitative estimate of drug-likeness (QED) is 0.527. The smallest absolute Gasteiger partial charge is 0.0785 e. The third-order valence-electron chi connectivity index (χ3n) is 1.60. The standard InChI is InChI=1S/C9H5BrS3/c10-7-4-2-1-3-6(7)8-5-9(11)13-12-8/h1-5H. The first-order chi connectivity index (χ1) is 6.27. The lowest BCUT2D eigenvalue weighted by molar-refractivity contribution is 1.64. The Hall–Kier alpha value is -0.0300. The predicted molar refractivity (Wildman–Crippen MR) is 66.2 cm³/mol. The summed E-state index contributed by atoms with van der Waals surface area (Å²) in [4.78, 5) is 1.24. The first-order valence-corrected chi connectivity index (χ1v) is 6.97. The summed E-state index contributed by atoms with van der Waals surface area (Å²) in [6, 6.07) is 10.2. The minimum Gasteiger partial charge on any atom is -0.0785 e. The Morgan fingerprint density at radius 2 is 1.92 bits per heavy atom. The second kappa shape index (κ2) is 4.00. The van der Waals surface area contributed by atoms with Crippen molar-refractivity contribution in [2.75, 3.05) is 0 Å². The maximum absolute atomic E-state index is 5.09. The largest absolute Gasteiger partial charge is 0.102 e. The van der Waals surface area contributed by atoms with Gasteiger partial charge in [0.25, 0.3) is 0 Å². The Morgan fingerprint density at radius 3 is 2.54 bits per heavy atom. The lowest BCUT2D eigenvalue weighted by Crippen LogP contribution is -1.72. The van der Waals surface area contributed by atoms with Crippen molar-refractivity contribution in [1.82, 2.24) is 0 Å². The van der Waals surface area contributed by atoms with Crippen LogP contribution >= 0.6 is 48.8 Å². The molecule has 1 aromatic heterocycles. The van der Waals surface area contributed by atoms with Crippen LogP contribution in [0.5, 0.6) is 0 Å². The van der Waals surface area contributed by atoms with Gasteiger partial charge in [0, 0.05) is 14.9 Å². The van der Waals surface area contributed by atoms with E-state index in [1.807, 2.05) is 24.3 Å². The normalized spacial score (nSPS) is 10.2. The molecule has 13 heavy (non-hydrogen) atoms. The molecule has 0 nitrogen and oxygen atoms in total. The highest BCUT2D eigenvalue weighted by molar-refractivity contribution is 9.10. The fourth-order valence-corrected chi connectivity index (χ4v) is 4.07. The number of hydrogen-bond acceptors (Lipinski definition) is 3. The summed E-state index contributed by atoms with van der Waals surface area (Å²) < 4.78 is 2.08. The Morgan fingerprint density at radius 1 is 1.15 bits per heavy atom. The van der Waals surface area contributed by atoms with Gasteiger partial charge in [-0.2, -0.15) is 0 Å². The Labute approximate surface area is 97.4 Å². The van der Waals surface area contributed by atoms with Crippen LogP contribution in [0.3, 0.4) is 0 Å². The van der Waals surface area contributed by atoms with Crippen LogP contribution in [0.25, 0.3) is 10.4 Å². The van der Waals surface area contributed by atoms with Crippen molar-refractivity contribution in [1.29, 1.82) is 0 Å². The third kappa shape index (κ3) is 2.07. The molecular weight excluding hydrogens is 284 g/mol. The van der Waals surface area contributed by atoms with Gasteiger partial charge in [-0.25, -0.2) is 0 Å². The van der Waals surface area contributed by atoms with Gasteiger partial charge in [0.15, 0.2) is 0 Å². The van der Waals surface area contributed by atoms with Crippen LogP contribution in [0.4, 0.5) is 0 Å².